The fourth-order valence-corrected chi connectivity index (χ4v) is 2.54. The Morgan fingerprint density at radius 1 is 1.14 bits per heavy atom. The Balaban J connectivity index is 2.26. The largest absolute Gasteiger partial charge is 0.308 e. The fraction of sp³-hybridized carbons (Fsp3) is 0.188. The van der Waals surface area contributed by atoms with Crippen molar-refractivity contribution in [3.63, 3.8) is 0 Å². The molecule has 0 unspecified atom stereocenters. The number of rotatable bonds is 3. The number of fused-ring (bicyclic) bond motifs is 1. The Hall–Kier alpha value is -2.53. The minimum atomic E-state index is 0.641. The van der Waals surface area contributed by atoms with Crippen molar-refractivity contribution < 1.29 is 0 Å². The average molecular weight is 279 g/mol. The number of hydrazine groups is 1. The number of hydrogen-bond donors (Lipinski definition) is 2. The molecule has 3 rings (SSSR count). The van der Waals surface area contributed by atoms with E-state index in [1.165, 1.54) is 0 Å². The van der Waals surface area contributed by atoms with Gasteiger partial charge in [0.05, 0.1) is 5.52 Å². The summed E-state index contributed by atoms with van der Waals surface area (Å²) in [7, 11) is 0. The molecule has 0 radical (unpaired) electrons. The third kappa shape index (κ3) is 2.32. The van der Waals surface area contributed by atoms with E-state index in [0.29, 0.717) is 11.6 Å². The van der Waals surface area contributed by atoms with Gasteiger partial charge in [0, 0.05) is 28.4 Å². The maximum absolute atomic E-state index is 5.60. The summed E-state index contributed by atoms with van der Waals surface area (Å²) < 4.78 is 0. The van der Waals surface area contributed by atoms with Crippen LogP contribution in [0.2, 0.25) is 0 Å². The van der Waals surface area contributed by atoms with E-state index in [-0.39, 0.29) is 0 Å². The number of anilines is 1. The smallest absolute Gasteiger partial charge is 0.164 e. The van der Waals surface area contributed by atoms with Crippen molar-refractivity contribution in [1.82, 2.24) is 15.0 Å². The molecule has 3 N–H and O–H groups in total. The van der Waals surface area contributed by atoms with Crippen molar-refractivity contribution in [1.29, 1.82) is 0 Å². The lowest BCUT2D eigenvalue weighted by molar-refractivity contribution is 0.995. The lowest BCUT2D eigenvalue weighted by atomic mass is 10.1. The van der Waals surface area contributed by atoms with E-state index in [4.69, 9.17) is 5.84 Å². The van der Waals surface area contributed by atoms with Crippen LogP contribution in [0.1, 0.15) is 18.2 Å². The number of aryl methyl sites for hydroxylation is 1. The molecule has 21 heavy (non-hydrogen) atoms. The molecule has 0 aliphatic rings. The van der Waals surface area contributed by atoms with E-state index in [9.17, 15) is 0 Å². The van der Waals surface area contributed by atoms with Gasteiger partial charge in [-0.2, -0.15) is 0 Å². The maximum atomic E-state index is 5.60. The Kier molecular flexibility index (Phi) is 3.50. The summed E-state index contributed by atoms with van der Waals surface area (Å²) in [5.41, 5.74) is 6.45. The molecule has 0 aliphatic carbocycles. The summed E-state index contributed by atoms with van der Waals surface area (Å²) in [5, 5.41) is 1.07. The van der Waals surface area contributed by atoms with Crippen LogP contribution < -0.4 is 11.3 Å². The van der Waals surface area contributed by atoms with E-state index in [0.717, 1.165) is 34.1 Å². The van der Waals surface area contributed by atoms with E-state index in [1.807, 2.05) is 37.3 Å². The second kappa shape index (κ2) is 5.46. The second-order valence-electron chi connectivity index (χ2n) is 4.84. The van der Waals surface area contributed by atoms with Crippen LogP contribution in [-0.4, -0.2) is 15.0 Å². The summed E-state index contributed by atoms with van der Waals surface area (Å²) in [5.74, 6) is 6.91. The summed E-state index contributed by atoms with van der Waals surface area (Å²) in [6.45, 7) is 4.04. The molecule has 0 saturated carbocycles. The Bertz CT molecular complexity index is 793. The van der Waals surface area contributed by atoms with Gasteiger partial charge in [0.15, 0.2) is 5.82 Å². The molecule has 0 fully saturated rings. The minimum Gasteiger partial charge on any atom is -0.308 e. The molecule has 0 amide bonds. The number of para-hydroxylation sites is 1. The van der Waals surface area contributed by atoms with Crippen LogP contribution in [0.3, 0.4) is 0 Å². The zero-order valence-corrected chi connectivity index (χ0v) is 12.1. The van der Waals surface area contributed by atoms with Crippen molar-refractivity contribution in [2.24, 2.45) is 5.84 Å². The highest BCUT2D eigenvalue weighted by atomic mass is 15.3. The van der Waals surface area contributed by atoms with Gasteiger partial charge in [-0.1, -0.05) is 25.1 Å². The molecular weight excluding hydrogens is 262 g/mol. The van der Waals surface area contributed by atoms with Gasteiger partial charge in [0.1, 0.15) is 5.82 Å². The summed E-state index contributed by atoms with van der Waals surface area (Å²) in [6, 6.07) is 9.95. The first-order valence-corrected chi connectivity index (χ1v) is 6.92. The van der Waals surface area contributed by atoms with Gasteiger partial charge in [-0.3, -0.25) is 4.98 Å². The fourth-order valence-electron chi connectivity index (χ4n) is 2.54. The van der Waals surface area contributed by atoms with E-state index in [2.05, 4.69) is 27.3 Å². The first-order chi connectivity index (χ1) is 10.2. The highest BCUT2D eigenvalue weighted by Gasteiger charge is 2.13. The summed E-state index contributed by atoms with van der Waals surface area (Å²) >= 11 is 0. The third-order valence-electron chi connectivity index (χ3n) is 3.58. The molecule has 0 saturated heterocycles. The minimum absolute atomic E-state index is 0.641. The molecule has 0 spiro atoms. The van der Waals surface area contributed by atoms with Crippen LogP contribution in [0.5, 0.6) is 0 Å². The standard InChI is InChI=1S/C16H17N5/c1-3-12-10(2)19-15(20-16(12)21-17)13-8-4-6-11-7-5-9-18-14(11)13/h4-9H,3,17H2,1-2H3,(H,19,20,21). The van der Waals surface area contributed by atoms with Crippen LogP contribution >= 0.6 is 0 Å². The maximum Gasteiger partial charge on any atom is 0.164 e. The van der Waals surface area contributed by atoms with Crippen LogP contribution in [0.25, 0.3) is 22.3 Å². The van der Waals surface area contributed by atoms with Crippen molar-refractivity contribution in [3.8, 4) is 11.4 Å². The highest BCUT2D eigenvalue weighted by molar-refractivity contribution is 5.91. The molecule has 3 aromatic rings. The van der Waals surface area contributed by atoms with Crippen molar-refractivity contribution in [2.75, 3.05) is 5.43 Å². The Labute approximate surface area is 123 Å². The normalized spacial score (nSPS) is 10.8. The van der Waals surface area contributed by atoms with Gasteiger partial charge in [-0.15, -0.1) is 0 Å². The Morgan fingerprint density at radius 2 is 1.95 bits per heavy atom. The molecule has 5 heteroatoms. The van der Waals surface area contributed by atoms with E-state index in [1.54, 1.807) is 6.20 Å². The second-order valence-corrected chi connectivity index (χ2v) is 4.84. The predicted octanol–water partition coefficient (Wildman–Crippen LogP) is 2.85. The zero-order valence-electron chi connectivity index (χ0n) is 12.1. The number of hydrogen-bond acceptors (Lipinski definition) is 5. The third-order valence-corrected chi connectivity index (χ3v) is 3.58. The number of benzene rings is 1. The monoisotopic (exact) mass is 279 g/mol. The SMILES string of the molecule is CCc1c(C)nc(-c2cccc3cccnc23)nc1NN. The van der Waals surface area contributed by atoms with Gasteiger partial charge in [0.25, 0.3) is 0 Å². The number of aromatic nitrogens is 3. The molecule has 106 valence electrons. The van der Waals surface area contributed by atoms with Gasteiger partial charge >= 0.3 is 0 Å². The van der Waals surface area contributed by atoms with Crippen molar-refractivity contribution in [2.45, 2.75) is 20.3 Å². The molecule has 0 bridgehead atoms. The first kappa shape index (κ1) is 13.5. The topological polar surface area (TPSA) is 76.7 Å². The molecule has 0 atom stereocenters. The number of pyridine rings is 1. The molecule has 2 aromatic heterocycles. The quantitative estimate of drug-likeness (QED) is 0.569. The van der Waals surface area contributed by atoms with Gasteiger partial charge in [-0.05, 0) is 25.5 Å². The molecular formula is C16H17N5. The summed E-state index contributed by atoms with van der Waals surface area (Å²) in [4.78, 5) is 13.6. The molecule has 0 aliphatic heterocycles. The molecule has 2 heterocycles. The zero-order chi connectivity index (χ0) is 14.8. The van der Waals surface area contributed by atoms with Gasteiger partial charge in [-0.25, -0.2) is 15.8 Å². The van der Waals surface area contributed by atoms with Gasteiger partial charge < -0.3 is 5.43 Å². The lowest BCUT2D eigenvalue weighted by Gasteiger charge is -2.12. The van der Waals surface area contributed by atoms with Crippen LogP contribution in [0.15, 0.2) is 36.5 Å². The molecule has 5 nitrogen and oxygen atoms in total. The first-order valence-electron chi connectivity index (χ1n) is 6.92. The lowest BCUT2D eigenvalue weighted by Crippen LogP contribution is -2.13. The molecule has 1 aromatic carbocycles. The van der Waals surface area contributed by atoms with Crippen molar-refractivity contribution >= 4 is 16.7 Å². The Morgan fingerprint density at radius 3 is 2.71 bits per heavy atom. The number of nitrogen functional groups attached to an aromatic ring is 1. The van der Waals surface area contributed by atoms with E-state index >= 15 is 0 Å². The van der Waals surface area contributed by atoms with Crippen LogP contribution in [-0.2, 0) is 6.42 Å². The predicted molar refractivity (Wildman–Crippen MR) is 84.7 cm³/mol. The average Bonchev–Trinajstić information content (AvgIpc) is 2.53. The van der Waals surface area contributed by atoms with Gasteiger partial charge in [0.2, 0.25) is 0 Å². The highest BCUT2D eigenvalue weighted by Crippen LogP contribution is 2.27. The van der Waals surface area contributed by atoms with Crippen molar-refractivity contribution in [3.05, 3.63) is 47.8 Å². The van der Waals surface area contributed by atoms with Crippen LogP contribution in [0.4, 0.5) is 5.82 Å². The summed E-state index contributed by atoms with van der Waals surface area (Å²) in [6.07, 6.45) is 2.61. The number of nitrogens with one attached hydrogen (secondary N) is 1. The van der Waals surface area contributed by atoms with Crippen LogP contribution in [0, 0.1) is 6.92 Å². The van der Waals surface area contributed by atoms with E-state index < -0.39 is 0 Å². The number of nitrogens with zero attached hydrogens (tertiary/aromatic N) is 3. The number of nitrogens with two attached hydrogens (primary N) is 1.